The van der Waals surface area contributed by atoms with Gasteiger partial charge in [-0.3, -0.25) is 9.59 Å². The summed E-state index contributed by atoms with van der Waals surface area (Å²) in [6.07, 6.45) is 2.17. The molecular formula is C16H27N3O4. The molecule has 0 spiro atoms. The maximum Gasteiger partial charge on any atom is 0.407 e. The molecule has 1 heterocycles. The standard InChI is InChI=1S/C16H27N3O4/c1-16(2,3)23-15(22)18-7-6-17-14(21)12-8-13(20)19(10-12)9-11-4-5-11/h11-12H,4-10H2,1-3H3,(H,17,21)(H,18,22)/t12-/m1/s1. The topological polar surface area (TPSA) is 87.7 Å². The van der Waals surface area contributed by atoms with Crippen molar-refractivity contribution >= 4 is 17.9 Å². The number of ether oxygens (including phenoxy) is 1. The SMILES string of the molecule is CC(C)(C)OC(=O)NCCNC(=O)[C@@H]1CC(=O)N(CC2CC2)C1. The molecule has 0 unspecified atom stereocenters. The van der Waals surface area contributed by atoms with Crippen molar-refractivity contribution in [2.75, 3.05) is 26.2 Å². The number of nitrogens with one attached hydrogen (secondary N) is 2. The first-order chi connectivity index (χ1) is 10.7. The van der Waals surface area contributed by atoms with Crippen LogP contribution < -0.4 is 10.6 Å². The van der Waals surface area contributed by atoms with Crippen molar-refractivity contribution in [1.82, 2.24) is 15.5 Å². The third-order valence-electron chi connectivity index (χ3n) is 3.85. The highest BCUT2D eigenvalue weighted by Crippen LogP contribution is 2.31. The quantitative estimate of drug-likeness (QED) is 0.710. The fraction of sp³-hybridized carbons (Fsp3) is 0.812. The van der Waals surface area contributed by atoms with E-state index in [1.807, 2.05) is 0 Å². The van der Waals surface area contributed by atoms with Gasteiger partial charge in [-0.15, -0.1) is 0 Å². The van der Waals surface area contributed by atoms with Crippen LogP contribution in [0.15, 0.2) is 0 Å². The third kappa shape index (κ3) is 6.08. The second-order valence-electron chi connectivity index (χ2n) is 7.36. The van der Waals surface area contributed by atoms with Crippen LogP contribution in [0.3, 0.4) is 0 Å². The third-order valence-corrected chi connectivity index (χ3v) is 3.85. The van der Waals surface area contributed by atoms with Crippen LogP contribution in [0.1, 0.15) is 40.0 Å². The minimum atomic E-state index is -0.539. The highest BCUT2D eigenvalue weighted by molar-refractivity contribution is 5.89. The molecule has 2 fully saturated rings. The summed E-state index contributed by atoms with van der Waals surface area (Å²) in [5.74, 6) is 0.313. The summed E-state index contributed by atoms with van der Waals surface area (Å²) < 4.78 is 5.10. The monoisotopic (exact) mass is 325 g/mol. The Balaban J connectivity index is 1.61. The zero-order chi connectivity index (χ0) is 17.0. The first-order valence-corrected chi connectivity index (χ1v) is 8.27. The summed E-state index contributed by atoms with van der Waals surface area (Å²) >= 11 is 0. The molecule has 2 N–H and O–H groups in total. The van der Waals surface area contributed by atoms with Gasteiger partial charge in [0.2, 0.25) is 11.8 Å². The van der Waals surface area contributed by atoms with Gasteiger partial charge >= 0.3 is 6.09 Å². The Morgan fingerprint density at radius 1 is 1.22 bits per heavy atom. The molecule has 0 bridgehead atoms. The Morgan fingerprint density at radius 3 is 2.48 bits per heavy atom. The van der Waals surface area contributed by atoms with Gasteiger partial charge in [0.25, 0.3) is 0 Å². The van der Waals surface area contributed by atoms with E-state index in [1.165, 1.54) is 12.8 Å². The molecule has 23 heavy (non-hydrogen) atoms. The molecule has 1 aliphatic heterocycles. The van der Waals surface area contributed by atoms with E-state index in [2.05, 4.69) is 10.6 Å². The number of carbonyl (C=O) groups is 3. The lowest BCUT2D eigenvalue weighted by molar-refractivity contribution is -0.129. The van der Waals surface area contributed by atoms with Crippen LogP contribution in [-0.4, -0.2) is 54.6 Å². The number of nitrogens with zero attached hydrogens (tertiary/aromatic N) is 1. The molecule has 7 nitrogen and oxygen atoms in total. The molecule has 1 aliphatic carbocycles. The minimum Gasteiger partial charge on any atom is -0.444 e. The molecule has 3 amide bonds. The van der Waals surface area contributed by atoms with Gasteiger partial charge in [-0.05, 0) is 39.5 Å². The van der Waals surface area contributed by atoms with Crippen molar-refractivity contribution in [3.8, 4) is 0 Å². The van der Waals surface area contributed by atoms with Crippen LogP contribution >= 0.6 is 0 Å². The fourth-order valence-corrected chi connectivity index (χ4v) is 2.55. The van der Waals surface area contributed by atoms with Crippen LogP contribution in [0.25, 0.3) is 0 Å². The Bertz CT molecular complexity index is 468. The van der Waals surface area contributed by atoms with E-state index in [0.717, 1.165) is 6.54 Å². The van der Waals surface area contributed by atoms with Crippen LogP contribution in [0.2, 0.25) is 0 Å². The van der Waals surface area contributed by atoms with Gasteiger partial charge in [0.05, 0.1) is 5.92 Å². The van der Waals surface area contributed by atoms with Crippen molar-refractivity contribution in [1.29, 1.82) is 0 Å². The van der Waals surface area contributed by atoms with Crippen molar-refractivity contribution in [3.05, 3.63) is 0 Å². The average Bonchev–Trinajstić information content (AvgIpc) is 3.16. The number of hydrogen-bond acceptors (Lipinski definition) is 4. The Kier molecular flexibility index (Phi) is 5.49. The number of likely N-dealkylation sites (tertiary alicyclic amines) is 1. The van der Waals surface area contributed by atoms with E-state index < -0.39 is 11.7 Å². The molecule has 1 saturated carbocycles. The van der Waals surface area contributed by atoms with Crippen molar-refractivity contribution < 1.29 is 19.1 Å². The maximum atomic E-state index is 12.1. The molecule has 130 valence electrons. The van der Waals surface area contributed by atoms with Crippen molar-refractivity contribution in [2.24, 2.45) is 11.8 Å². The molecule has 1 saturated heterocycles. The molecule has 2 aliphatic rings. The predicted molar refractivity (Wildman–Crippen MR) is 84.7 cm³/mol. The van der Waals surface area contributed by atoms with Gasteiger partial charge < -0.3 is 20.3 Å². The number of amides is 3. The first kappa shape index (κ1) is 17.6. The highest BCUT2D eigenvalue weighted by Gasteiger charge is 2.36. The molecule has 0 radical (unpaired) electrons. The molecule has 0 aromatic carbocycles. The molecule has 7 heteroatoms. The summed E-state index contributed by atoms with van der Waals surface area (Å²) in [6.45, 7) is 7.30. The van der Waals surface area contributed by atoms with E-state index >= 15 is 0 Å². The van der Waals surface area contributed by atoms with Gasteiger partial charge in [0, 0.05) is 32.6 Å². The smallest absolute Gasteiger partial charge is 0.407 e. The summed E-state index contributed by atoms with van der Waals surface area (Å²) in [5.41, 5.74) is -0.539. The molecular weight excluding hydrogens is 298 g/mol. The van der Waals surface area contributed by atoms with E-state index in [4.69, 9.17) is 4.74 Å². The van der Waals surface area contributed by atoms with E-state index in [9.17, 15) is 14.4 Å². The summed E-state index contributed by atoms with van der Waals surface area (Å²) in [6, 6.07) is 0. The molecule has 0 aromatic rings. The lowest BCUT2D eigenvalue weighted by Gasteiger charge is -2.19. The maximum absolute atomic E-state index is 12.1. The van der Waals surface area contributed by atoms with E-state index in [1.54, 1.807) is 25.7 Å². The second kappa shape index (κ2) is 7.19. The normalized spacial score (nSPS) is 21.3. The second-order valence-corrected chi connectivity index (χ2v) is 7.36. The molecule has 0 aromatic heterocycles. The van der Waals surface area contributed by atoms with E-state index in [-0.39, 0.29) is 24.2 Å². The first-order valence-electron chi connectivity index (χ1n) is 8.27. The average molecular weight is 325 g/mol. The van der Waals surface area contributed by atoms with Crippen molar-refractivity contribution in [2.45, 2.75) is 45.6 Å². The van der Waals surface area contributed by atoms with Crippen LogP contribution in [0.5, 0.6) is 0 Å². The number of hydrogen-bond donors (Lipinski definition) is 2. The highest BCUT2D eigenvalue weighted by atomic mass is 16.6. The predicted octanol–water partition coefficient (Wildman–Crippen LogP) is 0.886. The minimum absolute atomic E-state index is 0.0731. The van der Waals surface area contributed by atoms with Gasteiger partial charge in [0.15, 0.2) is 0 Å². The lowest BCUT2D eigenvalue weighted by atomic mass is 10.1. The number of rotatable bonds is 6. The summed E-state index contributed by atoms with van der Waals surface area (Å²) in [7, 11) is 0. The number of carbonyl (C=O) groups excluding carboxylic acids is 3. The zero-order valence-corrected chi connectivity index (χ0v) is 14.2. The zero-order valence-electron chi connectivity index (χ0n) is 14.2. The van der Waals surface area contributed by atoms with Gasteiger partial charge in [-0.2, -0.15) is 0 Å². The molecule has 2 rings (SSSR count). The lowest BCUT2D eigenvalue weighted by Crippen LogP contribution is -2.40. The number of alkyl carbamates (subject to hydrolysis) is 1. The molecule has 1 atom stereocenters. The fourth-order valence-electron chi connectivity index (χ4n) is 2.55. The van der Waals surface area contributed by atoms with E-state index in [0.29, 0.717) is 25.6 Å². The summed E-state index contributed by atoms with van der Waals surface area (Å²) in [5, 5.41) is 5.35. The van der Waals surface area contributed by atoms with Crippen LogP contribution in [0.4, 0.5) is 4.79 Å². The Morgan fingerprint density at radius 2 is 1.87 bits per heavy atom. The summed E-state index contributed by atoms with van der Waals surface area (Å²) in [4.78, 5) is 37.2. The Hall–Kier alpha value is -1.79. The van der Waals surface area contributed by atoms with Crippen molar-refractivity contribution in [3.63, 3.8) is 0 Å². The Labute approximate surface area is 137 Å². The van der Waals surface area contributed by atoms with Gasteiger partial charge in [-0.1, -0.05) is 0 Å². The van der Waals surface area contributed by atoms with Gasteiger partial charge in [-0.25, -0.2) is 4.79 Å². The largest absolute Gasteiger partial charge is 0.444 e. The van der Waals surface area contributed by atoms with Crippen LogP contribution in [0, 0.1) is 11.8 Å². The van der Waals surface area contributed by atoms with Crippen LogP contribution in [-0.2, 0) is 14.3 Å². The van der Waals surface area contributed by atoms with Gasteiger partial charge in [0.1, 0.15) is 5.60 Å².